The van der Waals surface area contributed by atoms with Gasteiger partial charge in [0.25, 0.3) is 0 Å². The molecule has 0 amide bonds. The molecule has 0 aliphatic carbocycles. The molecule has 1 unspecified atom stereocenters. The fourth-order valence-electron chi connectivity index (χ4n) is 1.96. The molecule has 3 aromatic rings. The highest BCUT2D eigenvalue weighted by atomic mass is 15.1. The van der Waals surface area contributed by atoms with E-state index in [1.807, 2.05) is 36.4 Å². The van der Waals surface area contributed by atoms with Crippen LogP contribution in [0, 0.1) is 0 Å². The summed E-state index contributed by atoms with van der Waals surface area (Å²) in [5.41, 5.74) is 2.57. The van der Waals surface area contributed by atoms with E-state index in [1.54, 1.807) is 6.33 Å². The summed E-state index contributed by atoms with van der Waals surface area (Å²) in [5.74, 6) is 0.719. The van der Waals surface area contributed by atoms with E-state index in [2.05, 4.69) is 31.8 Å². The van der Waals surface area contributed by atoms with Crippen LogP contribution >= 0.6 is 0 Å². The van der Waals surface area contributed by atoms with Crippen molar-refractivity contribution >= 4 is 17.0 Å². The van der Waals surface area contributed by atoms with Gasteiger partial charge in [0.05, 0.1) is 12.4 Å². The van der Waals surface area contributed by atoms with Crippen LogP contribution in [0.4, 0.5) is 5.82 Å². The molecule has 94 valence electrons. The van der Waals surface area contributed by atoms with E-state index < -0.39 is 0 Å². The van der Waals surface area contributed by atoms with Crippen LogP contribution in [0.15, 0.2) is 55.6 Å². The summed E-state index contributed by atoms with van der Waals surface area (Å²) < 4.78 is 0. The fraction of sp³-hybridized carbons (Fsp3) is 0.0714. The lowest BCUT2D eigenvalue weighted by Gasteiger charge is -2.15. The topological polar surface area (TPSA) is 66.5 Å². The Morgan fingerprint density at radius 1 is 1.16 bits per heavy atom. The van der Waals surface area contributed by atoms with E-state index >= 15 is 0 Å². The number of nitrogens with zero attached hydrogens (tertiary/aromatic N) is 3. The Morgan fingerprint density at radius 2 is 2.00 bits per heavy atom. The van der Waals surface area contributed by atoms with Crippen molar-refractivity contribution in [3.63, 3.8) is 0 Å². The number of H-pyrrole nitrogens is 1. The Morgan fingerprint density at radius 3 is 2.79 bits per heavy atom. The van der Waals surface area contributed by atoms with Crippen LogP contribution in [0.1, 0.15) is 11.6 Å². The Labute approximate surface area is 110 Å². The number of rotatable bonds is 4. The zero-order valence-electron chi connectivity index (χ0n) is 10.2. The predicted molar refractivity (Wildman–Crippen MR) is 74.7 cm³/mol. The van der Waals surface area contributed by atoms with Gasteiger partial charge in [-0.05, 0) is 5.56 Å². The van der Waals surface area contributed by atoms with Gasteiger partial charge in [-0.2, -0.15) is 0 Å². The van der Waals surface area contributed by atoms with E-state index in [0.717, 1.165) is 16.9 Å². The number of nitrogens with one attached hydrogen (secondary N) is 2. The maximum atomic E-state index is 4.25. The van der Waals surface area contributed by atoms with Gasteiger partial charge in [-0.1, -0.05) is 36.4 Å². The largest absolute Gasteiger partial charge is 0.358 e. The van der Waals surface area contributed by atoms with Crippen molar-refractivity contribution in [1.29, 1.82) is 0 Å². The summed E-state index contributed by atoms with van der Waals surface area (Å²) in [4.78, 5) is 15.5. The lowest BCUT2D eigenvalue weighted by atomic mass is 10.1. The molecule has 0 radical (unpaired) electrons. The molecule has 1 aromatic carbocycles. The van der Waals surface area contributed by atoms with E-state index in [-0.39, 0.29) is 6.04 Å². The van der Waals surface area contributed by atoms with Gasteiger partial charge in [-0.3, -0.25) is 0 Å². The second-order valence-corrected chi connectivity index (χ2v) is 4.09. The summed E-state index contributed by atoms with van der Waals surface area (Å²) in [7, 11) is 0. The third-order valence-corrected chi connectivity index (χ3v) is 2.91. The van der Waals surface area contributed by atoms with Crippen molar-refractivity contribution in [3.05, 3.63) is 61.2 Å². The van der Waals surface area contributed by atoms with Gasteiger partial charge >= 0.3 is 0 Å². The van der Waals surface area contributed by atoms with Crippen LogP contribution < -0.4 is 5.32 Å². The summed E-state index contributed by atoms with van der Waals surface area (Å²) in [6.07, 6.45) is 4.95. The molecule has 5 nitrogen and oxygen atoms in total. The predicted octanol–water partition coefficient (Wildman–Crippen LogP) is 2.69. The number of fused-ring (bicyclic) bond motifs is 1. The first-order chi connectivity index (χ1) is 9.38. The molecule has 0 saturated carbocycles. The van der Waals surface area contributed by atoms with Gasteiger partial charge in [0.15, 0.2) is 11.5 Å². The summed E-state index contributed by atoms with van der Waals surface area (Å²) >= 11 is 0. The van der Waals surface area contributed by atoms with Gasteiger partial charge in [0.2, 0.25) is 0 Å². The average Bonchev–Trinajstić information content (AvgIpc) is 2.95. The molecule has 0 bridgehead atoms. The first-order valence-electron chi connectivity index (χ1n) is 5.96. The number of hydrogen-bond acceptors (Lipinski definition) is 4. The van der Waals surface area contributed by atoms with Gasteiger partial charge < -0.3 is 10.3 Å². The van der Waals surface area contributed by atoms with Crippen molar-refractivity contribution in [2.24, 2.45) is 0 Å². The summed E-state index contributed by atoms with van der Waals surface area (Å²) in [6, 6.07) is 10.1. The standard InChI is InChI=1S/C14H13N5/c1-2-11(10-6-4-3-5-7-10)19-14-12-13(16-8-15-12)17-9-18-14/h2-9,11H,1H2,(H2,15,16,17,18,19). The lowest BCUT2D eigenvalue weighted by molar-refractivity contribution is 0.970. The molecule has 2 heterocycles. The van der Waals surface area contributed by atoms with Crippen LogP contribution in [0.5, 0.6) is 0 Å². The number of anilines is 1. The molecular formula is C14H13N5. The molecule has 2 N–H and O–H groups in total. The van der Waals surface area contributed by atoms with Crippen LogP contribution in [0.25, 0.3) is 11.2 Å². The van der Waals surface area contributed by atoms with Crippen molar-refractivity contribution in [2.75, 3.05) is 5.32 Å². The lowest BCUT2D eigenvalue weighted by Crippen LogP contribution is -2.09. The van der Waals surface area contributed by atoms with Gasteiger partial charge in [0, 0.05) is 0 Å². The van der Waals surface area contributed by atoms with Crippen LogP contribution in [0.3, 0.4) is 0 Å². The highest BCUT2D eigenvalue weighted by molar-refractivity contribution is 5.82. The third kappa shape index (κ3) is 2.18. The average molecular weight is 251 g/mol. The van der Waals surface area contributed by atoms with Gasteiger partial charge in [-0.25, -0.2) is 15.0 Å². The van der Waals surface area contributed by atoms with Crippen molar-refractivity contribution in [2.45, 2.75) is 6.04 Å². The Bertz CT molecular complexity index is 689. The summed E-state index contributed by atoms with van der Waals surface area (Å²) in [6.45, 7) is 3.87. The molecule has 2 aromatic heterocycles. The van der Waals surface area contributed by atoms with Crippen LogP contribution in [0.2, 0.25) is 0 Å². The zero-order chi connectivity index (χ0) is 13.1. The van der Waals surface area contributed by atoms with E-state index in [9.17, 15) is 0 Å². The minimum absolute atomic E-state index is 0.0115. The van der Waals surface area contributed by atoms with E-state index in [4.69, 9.17) is 0 Å². The normalized spacial score (nSPS) is 12.2. The van der Waals surface area contributed by atoms with Gasteiger partial charge in [-0.15, -0.1) is 6.58 Å². The molecule has 0 aliphatic rings. The molecule has 0 fully saturated rings. The number of aromatic nitrogens is 4. The maximum Gasteiger partial charge on any atom is 0.182 e. The quantitative estimate of drug-likeness (QED) is 0.700. The number of imidazole rings is 1. The second kappa shape index (κ2) is 4.89. The first kappa shape index (κ1) is 11.4. The molecule has 19 heavy (non-hydrogen) atoms. The van der Waals surface area contributed by atoms with Crippen molar-refractivity contribution in [1.82, 2.24) is 19.9 Å². The summed E-state index contributed by atoms with van der Waals surface area (Å²) in [5, 5.41) is 3.33. The Balaban J connectivity index is 1.95. The Kier molecular flexibility index (Phi) is 2.94. The second-order valence-electron chi connectivity index (χ2n) is 4.09. The highest BCUT2D eigenvalue weighted by Gasteiger charge is 2.11. The zero-order valence-corrected chi connectivity index (χ0v) is 10.2. The first-order valence-corrected chi connectivity index (χ1v) is 5.96. The van der Waals surface area contributed by atoms with Crippen LogP contribution in [-0.2, 0) is 0 Å². The highest BCUT2D eigenvalue weighted by Crippen LogP contribution is 2.22. The number of hydrogen-bond donors (Lipinski definition) is 2. The number of aromatic amines is 1. The van der Waals surface area contributed by atoms with Crippen molar-refractivity contribution in [3.8, 4) is 0 Å². The molecule has 0 aliphatic heterocycles. The molecule has 0 spiro atoms. The van der Waals surface area contributed by atoms with Crippen LogP contribution in [-0.4, -0.2) is 19.9 Å². The molecule has 5 heteroatoms. The Hall–Kier alpha value is -2.69. The smallest absolute Gasteiger partial charge is 0.182 e. The van der Waals surface area contributed by atoms with E-state index in [1.165, 1.54) is 6.33 Å². The maximum absolute atomic E-state index is 4.25. The monoisotopic (exact) mass is 251 g/mol. The minimum atomic E-state index is -0.0115. The molecule has 3 rings (SSSR count). The third-order valence-electron chi connectivity index (χ3n) is 2.91. The SMILES string of the molecule is C=CC(Nc1ncnc2nc[nH]c12)c1ccccc1. The fourth-order valence-corrected chi connectivity index (χ4v) is 1.96. The molecular weight excluding hydrogens is 238 g/mol. The van der Waals surface area contributed by atoms with Gasteiger partial charge in [0.1, 0.15) is 11.8 Å². The minimum Gasteiger partial charge on any atom is -0.358 e. The number of benzene rings is 1. The van der Waals surface area contributed by atoms with Crippen molar-refractivity contribution < 1.29 is 0 Å². The van der Waals surface area contributed by atoms with E-state index in [0.29, 0.717) is 5.65 Å². The molecule has 1 atom stereocenters. The molecule has 0 saturated heterocycles.